The van der Waals surface area contributed by atoms with E-state index >= 15 is 0 Å². The van der Waals surface area contributed by atoms with E-state index in [0.29, 0.717) is 26.2 Å². The van der Waals surface area contributed by atoms with Crippen LogP contribution in [0.4, 0.5) is 0 Å². The van der Waals surface area contributed by atoms with Crippen LogP contribution in [-0.2, 0) is 15.0 Å². The minimum Gasteiger partial charge on any atom is -0.382 e. The lowest BCUT2D eigenvalue weighted by Crippen LogP contribution is -2.52. The average molecular weight is 252 g/mol. The number of hydrogen-bond donors (Lipinski definition) is 4. The van der Waals surface area contributed by atoms with Gasteiger partial charge in [-0.2, -0.15) is 17.4 Å². The molecule has 1 fully saturated rings. The molecule has 0 aromatic carbocycles. The van der Waals surface area contributed by atoms with Gasteiger partial charge in [-0.15, -0.1) is 0 Å². The normalized spacial score (nSPS) is 20.6. The number of hydrogen-bond acceptors (Lipinski definition) is 5. The van der Waals surface area contributed by atoms with Crippen LogP contribution in [0.2, 0.25) is 0 Å². The summed E-state index contributed by atoms with van der Waals surface area (Å²) in [5.41, 5.74) is 4.80. The Kier molecular flexibility index (Phi) is 4.62. The van der Waals surface area contributed by atoms with E-state index in [-0.39, 0.29) is 0 Å². The average Bonchev–Trinajstić information content (AvgIpc) is 2.27. The standard InChI is InChI=1S/C7H16N4O4S/c8-7(13)6(12)5-10-16(14,15)11-3-1-9-2-4-11/h6,9-10,12H,1-5H2,(H2,8,13). The van der Waals surface area contributed by atoms with Crippen molar-refractivity contribution >= 4 is 16.1 Å². The van der Waals surface area contributed by atoms with Crippen molar-refractivity contribution in [2.24, 2.45) is 5.73 Å². The van der Waals surface area contributed by atoms with Crippen molar-refractivity contribution in [3.05, 3.63) is 0 Å². The second-order valence-electron chi connectivity index (χ2n) is 3.42. The number of aliphatic hydroxyl groups is 1. The summed E-state index contributed by atoms with van der Waals surface area (Å²) in [4.78, 5) is 10.5. The van der Waals surface area contributed by atoms with Crippen molar-refractivity contribution in [2.45, 2.75) is 6.10 Å². The molecule has 0 saturated carbocycles. The number of nitrogens with one attached hydrogen (secondary N) is 2. The Morgan fingerprint density at radius 2 is 2.06 bits per heavy atom. The number of rotatable bonds is 5. The van der Waals surface area contributed by atoms with Crippen LogP contribution in [0.1, 0.15) is 0 Å². The Balaban J connectivity index is 2.47. The summed E-state index contributed by atoms with van der Waals surface area (Å²) in [6.45, 7) is 1.49. The zero-order valence-electron chi connectivity index (χ0n) is 8.72. The lowest BCUT2D eigenvalue weighted by molar-refractivity contribution is -0.125. The molecule has 1 atom stereocenters. The zero-order chi connectivity index (χ0) is 12.2. The van der Waals surface area contributed by atoms with Crippen LogP contribution in [-0.4, -0.2) is 62.6 Å². The van der Waals surface area contributed by atoms with Gasteiger partial charge < -0.3 is 16.2 Å². The molecule has 8 nitrogen and oxygen atoms in total. The maximum absolute atomic E-state index is 11.6. The summed E-state index contributed by atoms with van der Waals surface area (Å²) in [7, 11) is -3.64. The highest BCUT2D eigenvalue weighted by Crippen LogP contribution is 1.99. The van der Waals surface area contributed by atoms with Gasteiger partial charge in [-0.05, 0) is 0 Å². The summed E-state index contributed by atoms with van der Waals surface area (Å²) < 4.78 is 26.6. The highest BCUT2D eigenvalue weighted by atomic mass is 32.2. The molecule has 1 amide bonds. The molecular formula is C7H16N4O4S. The summed E-state index contributed by atoms with van der Waals surface area (Å²) in [6.07, 6.45) is -1.50. The Bertz CT molecular complexity index is 338. The van der Waals surface area contributed by atoms with Crippen molar-refractivity contribution in [3.8, 4) is 0 Å². The van der Waals surface area contributed by atoms with Gasteiger partial charge in [-0.3, -0.25) is 4.79 Å². The molecule has 1 aliphatic rings. The van der Waals surface area contributed by atoms with Crippen molar-refractivity contribution < 1.29 is 18.3 Å². The van der Waals surface area contributed by atoms with Crippen LogP contribution in [0.15, 0.2) is 0 Å². The van der Waals surface area contributed by atoms with Gasteiger partial charge in [0.25, 0.3) is 10.2 Å². The maximum atomic E-state index is 11.6. The summed E-state index contributed by atoms with van der Waals surface area (Å²) in [5.74, 6) is -0.956. The maximum Gasteiger partial charge on any atom is 0.279 e. The largest absolute Gasteiger partial charge is 0.382 e. The van der Waals surface area contributed by atoms with Crippen molar-refractivity contribution in [2.75, 3.05) is 32.7 Å². The van der Waals surface area contributed by atoms with Crippen LogP contribution in [0.3, 0.4) is 0 Å². The Morgan fingerprint density at radius 1 is 1.50 bits per heavy atom. The lowest BCUT2D eigenvalue weighted by Gasteiger charge is -2.26. The highest BCUT2D eigenvalue weighted by molar-refractivity contribution is 7.87. The van der Waals surface area contributed by atoms with Gasteiger partial charge in [-0.25, -0.2) is 0 Å². The predicted octanol–water partition coefficient (Wildman–Crippen LogP) is -3.43. The van der Waals surface area contributed by atoms with Gasteiger partial charge in [-0.1, -0.05) is 0 Å². The zero-order valence-corrected chi connectivity index (χ0v) is 9.53. The number of primary amides is 1. The third-order valence-electron chi connectivity index (χ3n) is 2.20. The molecule has 0 spiro atoms. The molecule has 94 valence electrons. The third-order valence-corrected chi connectivity index (χ3v) is 3.78. The molecule has 16 heavy (non-hydrogen) atoms. The number of piperazine rings is 1. The van der Waals surface area contributed by atoms with Gasteiger partial charge in [0.2, 0.25) is 5.91 Å². The Labute approximate surface area is 94.0 Å². The molecule has 1 rings (SSSR count). The fourth-order valence-electron chi connectivity index (χ4n) is 1.26. The number of nitrogens with zero attached hydrogens (tertiary/aromatic N) is 1. The van der Waals surface area contributed by atoms with E-state index in [1.807, 2.05) is 0 Å². The van der Waals surface area contributed by atoms with E-state index in [4.69, 9.17) is 10.8 Å². The van der Waals surface area contributed by atoms with Crippen molar-refractivity contribution in [1.29, 1.82) is 0 Å². The van der Waals surface area contributed by atoms with E-state index in [9.17, 15) is 13.2 Å². The number of carbonyl (C=O) groups is 1. The van der Waals surface area contributed by atoms with E-state index < -0.39 is 28.8 Å². The smallest absolute Gasteiger partial charge is 0.279 e. The van der Waals surface area contributed by atoms with E-state index in [0.717, 1.165) is 0 Å². The number of aliphatic hydroxyl groups excluding tert-OH is 1. The Morgan fingerprint density at radius 3 is 2.56 bits per heavy atom. The first-order valence-corrected chi connectivity index (χ1v) is 6.30. The molecule has 1 heterocycles. The molecule has 1 saturated heterocycles. The van der Waals surface area contributed by atoms with Crippen LogP contribution in [0.25, 0.3) is 0 Å². The fourth-order valence-corrected chi connectivity index (χ4v) is 2.48. The SMILES string of the molecule is NC(=O)C(O)CNS(=O)(=O)N1CCNCC1. The molecular weight excluding hydrogens is 236 g/mol. The van der Waals surface area contributed by atoms with Gasteiger partial charge in [0.05, 0.1) is 0 Å². The molecule has 0 bridgehead atoms. The molecule has 1 aliphatic heterocycles. The first-order chi connectivity index (χ1) is 7.43. The third kappa shape index (κ3) is 3.68. The van der Waals surface area contributed by atoms with Crippen molar-refractivity contribution in [1.82, 2.24) is 14.3 Å². The molecule has 0 aromatic heterocycles. The van der Waals surface area contributed by atoms with E-state index in [1.54, 1.807) is 0 Å². The first kappa shape index (κ1) is 13.3. The fraction of sp³-hybridized carbons (Fsp3) is 0.857. The molecule has 0 radical (unpaired) electrons. The number of carbonyl (C=O) groups excluding carboxylic acids is 1. The highest BCUT2D eigenvalue weighted by Gasteiger charge is 2.24. The quantitative estimate of drug-likeness (QED) is 0.405. The summed E-state index contributed by atoms with van der Waals surface area (Å²) in [6, 6.07) is 0. The van der Waals surface area contributed by atoms with Crippen LogP contribution >= 0.6 is 0 Å². The monoisotopic (exact) mass is 252 g/mol. The summed E-state index contributed by atoms with van der Waals surface area (Å²) in [5, 5.41) is 12.1. The minimum absolute atomic E-state index is 0.363. The second kappa shape index (κ2) is 5.55. The van der Waals surface area contributed by atoms with E-state index in [2.05, 4.69) is 10.0 Å². The minimum atomic E-state index is -3.64. The van der Waals surface area contributed by atoms with Gasteiger partial charge in [0.15, 0.2) is 0 Å². The molecule has 0 aliphatic carbocycles. The van der Waals surface area contributed by atoms with E-state index in [1.165, 1.54) is 4.31 Å². The summed E-state index contributed by atoms with van der Waals surface area (Å²) >= 11 is 0. The number of nitrogens with two attached hydrogens (primary N) is 1. The molecule has 5 N–H and O–H groups in total. The molecule has 0 aromatic rings. The number of amides is 1. The topological polar surface area (TPSA) is 125 Å². The van der Waals surface area contributed by atoms with Crippen LogP contribution < -0.4 is 15.8 Å². The lowest BCUT2D eigenvalue weighted by atomic mass is 10.3. The second-order valence-corrected chi connectivity index (χ2v) is 5.18. The first-order valence-electron chi connectivity index (χ1n) is 4.86. The predicted molar refractivity (Wildman–Crippen MR) is 56.6 cm³/mol. The van der Waals surface area contributed by atoms with Gasteiger partial charge in [0, 0.05) is 32.7 Å². The Hall–Kier alpha value is -0.740. The molecule has 9 heteroatoms. The molecule has 1 unspecified atom stereocenters. The van der Waals surface area contributed by atoms with Crippen molar-refractivity contribution in [3.63, 3.8) is 0 Å². The van der Waals surface area contributed by atoms with Crippen LogP contribution in [0, 0.1) is 0 Å². The van der Waals surface area contributed by atoms with Crippen LogP contribution in [0.5, 0.6) is 0 Å². The van der Waals surface area contributed by atoms with Gasteiger partial charge >= 0.3 is 0 Å². The van der Waals surface area contributed by atoms with Gasteiger partial charge in [0.1, 0.15) is 6.10 Å².